The van der Waals surface area contributed by atoms with E-state index >= 15 is 0 Å². The highest BCUT2D eigenvalue weighted by Gasteiger charge is 2.22. The van der Waals surface area contributed by atoms with E-state index in [4.69, 9.17) is 0 Å². The number of rotatable bonds is 2. The van der Waals surface area contributed by atoms with Crippen molar-refractivity contribution in [1.29, 1.82) is 0 Å². The summed E-state index contributed by atoms with van der Waals surface area (Å²) in [6.45, 7) is 0.968. The van der Waals surface area contributed by atoms with Gasteiger partial charge in [-0.2, -0.15) is 0 Å². The molecule has 0 saturated carbocycles. The van der Waals surface area contributed by atoms with Crippen LogP contribution in [0.15, 0.2) is 24.3 Å². The molecule has 1 aliphatic heterocycles. The molecule has 1 heterocycles. The van der Waals surface area contributed by atoms with Crippen LogP contribution >= 0.6 is 0 Å². The van der Waals surface area contributed by atoms with E-state index in [9.17, 15) is 4.79 Å². The maximum atomic E-state index is 11.8. The number of benzene rings is 1. The van der Waals surface area contributed by atoms with Gasteiger partial charge in [0.1, 0.15) is 0 Å². The van der Waals surface area contributed by atoms with Crippen molar-refractivity contribution in [3.63, 3.8) is 0 Å². The minimum Gasteiger partial charge on any atom is -0.307 e. The minimum absolute atomic E-state index is 0.0439. The molecule has 0 spiro atoms. The molecule has 1 saturated heterocycles. The lowest BCUT2D eigenvalue weighted by molar-refractivity contribution is 0.0952. The summed E-state index contributed by atoms with van der Waals surface area (Å²) in [5.41, 5.74) is 0.790. The third kappa shape index (κ3) is 1.78. The third-order valence-corrected chi connectivity index (χ3v) is 2.38. The maximum Gasteiger partial charge on any atom is 0.179 e. The van der Waals surface area contributed by atoms with Crippen molar-refractivity contribution >= 4 is 5.78 Å². The summed E-state index contributed by atoms with van der Waals surface area (Å²) in [6, 6.07) is 10.2. The summed E-state index contributed by atoms with van der Waals surface area (Å²) in [4.78, 5) is 11.8. The first-order valence-electron chi connectivity index (χ1n) is 4.61. The molecule has 1 aliphatic rings. The van der Waals surface area contributed by atoms with Crippen LogP contribution in [0.5, 0.6) is 0 Å². The second-order valence-electron chi connectivity index (χ2n) is 3.30. The molecule has 1 atom stereocenters. The van der Waals surface area contributed by atoms with E-state index in [0.29, 0.717) is 0 Å². The fourth-order valence-electron chi connectivity index (χ4n) is 1.66. The van der Waals surface area contributed by atoms with Crippen molar-refractivity contribution in [3.05, 3.63) is 35.9 Å². The van der Waals surface area contributed by atoms with Crippen molar-refractivity contribution in [2.45, 2.75) is 18.9 Å². The fourth-order valence-corrected chi connectivity index (χ4v) is 1.66. The van der Waals surface area contributed by atoms with E-state index in [0.717, 1.165) is 24.9 Å². The summed E-state index contributed by atoms with van der Waals surface area (Å²) in [5, 5.41) is 3.20. The van der Waals surface area contributed by atoms with E-state index in [1.54, 1.807) is 12.1 Å². The average molecular weight is 174 g/mol. The number of hydrogen-bond donors (Lipinski definition) is 1. The number of hydrogen-bond acceptors (Lipinski definition) is 2. The normalized spacial score (nSPS) is 21.7. The Balaban J connectivity index is 2.13. The zero-order valence-electron chi connectivity index (χ0n) is 7.42. The van der Waals surface area contributed by atoms with Crippen molar-refractivity contribution in [2.24, 2.45) is 0 Å². The SMILES string of the molecule is O=C(c1cc[c]cc1)C1CCCN1. The monoisotopic (exact) mass is 174 g/mol. The van der Waals surface area contributed by atoms with Crippen LogP contribution in [-0.2, 0) is 0 Å². The van der Waals surface area contributed by atoms with E-state index in [-0.39, 0.29) is 11.8 Å². The minimum atomic E-state index is 0.0439. The lowest BCUT2D eigenvalue weighted by atomic mass is 10.0. The highest BCUT2D eigenvalue weighted by Crippen LogP contribution is 2.11. The van der Waals surface area contributed by atoms with Crippen LogP contribution in [-0.4, -0.2) is 18.4 Å². The molecule has 13 heavy (non-hydrogen) atoms. The van der Waals surface area contributed by atoms with Crippen LogP contribution < -0.4 is 5.32 Å². The molecule has 0 aliphatic carbocycles. The van der Waals surface area contributed by atoms with Gasteiger partial charge in [-0.1, -0.05) is 24.3 Å². The lowest BCUT2D eigenvalue weighted by Crippen LogP contribution is -2.30. The Morgan fingerprint density at radius 2 is 2.23 bits per heavy atom. The number of carbonyl (C=O) groups excluding carboxylic acids is 1. The van der Waals surface area contributed by atoms with Gasteiger partial charge in [0.15, 0.2) is 5.78 Å². The van der Waals surface area contributed by atoms with Gasteiger partial charge >= 0.3 is 0 Å². The van der Waals surface area contributed by atoms with Crippen molar-refractivity contribution in [1.82, 2.24) is 5.32 Å². The van der Waals surface area contributed by atoms with Crippen LogP contribution in [0.4, 0.5) is 0 Å². The van der Waals surface area contributed by atoms with Gasteiger partial charge in [-0.05, 0) is 25.5 Å². The lowest BCUT2D eigenvalue weighted by Gasteiger charge is -2.07. The van der Waals surface area contributed by atoms with E-state index < -0.39 is 0 Å². The van der Waals surface area contributed by atoms with Crippen molar-refractivity contribution < 1.29 is 4.79 Å². The van der Waals surface area contributed by atoms with Gasteiger partial charge in [-0.3, -0.25) is 4.79 Å². The second-order valence-corrected chi connectivity index (χ2v) is 3.30. The van der Waals surface area contributed by atoms with Gasteiger partial charge in [0.2, 0.25) is 0 Å². The zero-order chi connectivity index (χ0) is 9.10. The van der Waals surface area contributed by atoms with Crippen LogP contribution in [0.25, 0.3) is 0 Å². The Morgan fingerprint density at radius 3 is 2.85 bits per heavy atom. The molecule has 1 unspecified atom stereocenters. The number of nitrogens with one attached hydrogen (secondary N) is 1. The zero-order valence-corrected chi connectivity index (χ0v) is 7.42. The molecule has 1 N–H and O–H groups in total. The van der Waals surface area contributed by atoms with Gasteiger partial charge in [-0.25, -0.2) is 0 Å². The summed E-state index contributed by atoms with van der Waals surface area (Å²) in [7, 11) is 0. The molecule has 2 heteroatoms. The van der Waals surface area contributed by atoms with Crippen molar-refractivity contribution in [3.8, 4) is 0 Å². The molecule has 0 bridgehead atoms. The van der Waals surface area contributed by atoms with E-state index in [1.807, 2.05) is 12.1 Å². The molecule has 67 valence electrons. The first-order valence-corrected chi connectivity index (χ1v) is 4.61. The quantitative estimate of drug-likeness (QED) is 0.687. The molecular weight excluding hydrogens is 162 g/mol. The average Bonchev–Trinajstić information content (AvgIpc) is 2.71. The molecule has 1 aromatic rings. The standard InChI is InChI=1S/C11H12NO/c13-11(10-7-4-8-12-10)9-5-2-1-3-6-9/h2-3,5-6,10,12H,4,7-8H2. The van der Waals surface area contributed by atoms with Crippen LogP contribution in [0.2, 0.25) is 0 Å². The predicted molar refractivity (Wildman–Crippen MR) is 50.6 cm³/mol. The molecule has 1 fully saturated rings. The highest BCUT2D eigenvalue weighted by molar-refractivity contribution is 6.00. The van der Waals surface area contributed by atoms with Crippen molar-refractivity contribution in [2.75, 3.05) is 6.54 Å². The summed E-state index contributed by atoms with van der Waals surface area (Å²) in [5.74, 6) is 0.214. The highest BCUT2D eigenvalue weighted by atomic mass is 16.1. The maximum absolute atomic E-state index is 11.8. The fraction of sp³-hybridized carbons (Fsp3) is 0.364. The summed E-state index contributed by atoms with van der Waals surface area (Å²) in [6.07, 6.45) is 2.08. The number of ketones is 1. The van der Waals surface area contributed by atoms with Crippen LogP contribution in [0.1, 0.15) is 23.2 Å². The summed E-state index contributed by atoms with van der Waals surface area (Å²) >= 11 is 0. The first-order chi connectivity index (χ1) is 6.38. The smallest absolute Gasteiger partial charge is 0.179 e. The molecule has 1 radical (unpaired) electrons. The van der Waals surface area contributed by atoms with E-state index in [1.165, 1.54) is 0 Å². The van der Waals surface area contributed by atoms with Gasteiger partial charge in [0.25, 0.3) is 0 Å². The second kappa shape index (κ2) is 3.71. The Kier molecular flexibility index (Phi) is 2.41. The van der Waals surface area contributed by atoms with Crippen LogP contribution in [0, 0.1) is 6.07 Å². The molecular formula is C11H12NO. The van der Waals surface area contributed by atoms with Gasteiger partial charge in [0.05, 0.1) is 6.04 Å². The Morgan fingerprint density at radius 1 is 1.46 bits per heavy atom. The Bertz CT molecular complexity index is 288. The van der Waals surface area contributed by atoms with Gasteiger partial charge in [-0.15, -0.1) is 0 Å². The Labute approximate surface area is 78.0 Å². The largest absolute Gasteiger partial charge is 0.307 e. The topological polar surface area (TPSA) is 29.1 Å². The van der Waals surface area contributed by atoms with Gasteiger partial charge in [0, 0.05) is 5.56 Å². The molecule has 2 rings (SSSR count). The number of Topliss-reactive ketones (excluding diaryl/α,β-unsaturated/α-hetero) is 1. The Hall–Kier alpha value is -1.15. The molecule has 0 aromatic heterocycles. The molecule has 2 nitrogen and oxygen atoms in total. The molecule has 1 aromatic carbocycles. The van der Waals surface area contributed by atoms with E-state index in [2.05, 4.69) is 11.4 Å². The predicted octanol–water partition coefficient (Wildman–Crippen LogP) is 1.42. The first kappa shape index (κ1) is 8.45. The van der Waals surface area contributed by atoms with Gasteiger partial charge < -0.3 is 5.32 Å². The summed E-state index contributed by atoms with van der Waals surface area (Å²) < 4.78 is 0. The number of carbonyl (C=O) groups is 1. The third-order valence-electron chi connectivity index (χ3n) is 2.38. The van der Waals surface area contributed by atoms with Crippen LogP contribution in [0.3, 0.4) is 0 Å². The molecule has 0 amide bonds.